The number of carboxylic acid groups (broad SMARTS) is 1. The van der Waals surface area contributed by atoms with Gasteiger partial charge in [-0.2, -0.15) is 0 Å². The fourth-order valence-electron chi connectivity index (χ4n) is 4.78. The van der Waals surface area contributed by atoms with Crippen LogP contribution in [0.5, 0.6) is 5.75 Å². The van der Waals surface area contributed by atoms with Crippen molar-refractivity contribution >= 4 is 17.3 Å². The number of nitrogens with two attached hydrogens (primary N) is 1. The second-order valence-corrected chi connectivity index (χ2v) is 8.94. The number of anilines is 2. The van der Waals surface area contributed by atoms with E-state index in [-0.39, 0.29) is 12.3 Å². The van der Waals surface area contributed by atoms with Gasteiger partial charge in [0.2, 0.25) is 0 Å². The number of nitrogens with one attached hydrogen (secondary N) is 2. The predicted octanol–water partition coefficient (Wildman–Crippen LogP) is 4.03. The number of pyridine rings is 1. The molecule has 5 N–H and O–H groups in total. The monoisotopic (exact) mass is 475 g/mol. The van der Waals surface area contributed by atoms with Gasteiger partial charge in [0.15, 0.2) is 0 Å². The van der Waals surface area contributed by atoms with Crippen molar-refractivity contribution in [2.24, 2.45) is 5.84 Å². The van der Waals surface area contributed by atoms with E-state index in [1.54, 1.807) is 6.20 Å². The van der Waals surface area contributed by atoms with Crippen molar-refractivity contribution < 1.29 is 14.6 Å². The van der Waals surface area contributed by atoms with Crippen LogP contribution in [-0.2, 0) is 17.9 Å². The van der Waals surface area contributed by atoms with Gasteiger partial charge in [0.25, 0.3) is 0 Å². The minimum Gasteiger partial charge on any atom is -0.490 e. The van der Waals surface area contributed by atoms with Crippen LogP contribution >= 0.6 is 0 Å². The fraction of sp³-hybridized carbons (Fsp3) is 0.333. The number of hydrogen-bond acceptors (Lipinski definition) is 7. The van der Waals surface area contributed by atoms with Gasteiger partial charge in [-0.1, -0.05) is 24.3 Å². The van der Waals surface area contributed by atoms with Crippen LogP contribution < -0.4 is 21.3 Å². The Morgan fingerprint density at radius 1 is 1.26 bits per heavy atom. The third kappa shape index (κ3) is 5.39. The van der Waals surface area contributed by atoms with E-state index in [9.17, 15) is 9.90 Å². The lowest BCUT2D eigenvalue weighted by Gasteiger charge is -2.24. The predicted molar refractivity (Wildman–Crippen MR) is 138 cm³/mol. The lowest BCUT2D eigenvalue weighted by Crippen LogP contribution is -2.26. The van der Waals surface area contributed by atoms with Gasteiger partial charge in [0, 0.05) is 38.8 Å². The molecule has 0 unspecified atom stereocenters. The summed E-state index contributed by atoms with van der Waals surface area (Å²) in [6, 6.07) is 14.0. The van der Waals surface area contributed by atoms with Crippen molar-refractivity contribution in [3.63, 3.8) is 0 Å². The van der Waals surface area contributed by atoms with E-state index in [2.05, 4.69) is 39.7 Å². The molecule has 1 aromatic heterocycles. The molecule has 0 fully saturated rings. The van der Waals surface area contributed by atoms with Crippen LogP contribution in [0, 0.1) is 13.8 Å². The smallest absolute Gasteiger partial charge is 0.304 e. The largest absolute Gasteiger partial charge is 0.490 e. The molecule has 0 spiro atoms. The number of aromatic nitrogens is 1. The zero-order valence-corrected chi connectivity index (χ0v) is 20.5. The molecule has 8 heteroatoms. The number of nitrogen functional groups attached to an aromatic ring is 1. The Morgan fingerprint density at radius 2 is 2.09 bits per heavy atom. The summed E-state index contributed by atoms with van der Waals surface area (Å²) in [4.78, 5) is 18.7. The SMILES string of the molecule is CNc1ccc([C@H](CC(=O)O)c2ccc(C)c(CN3CCOc4cccnc4C3)c2)c(C)c1NN. The highest BCUT2D eigenvalue weighted by Crippen LogP contribution is 2.37. The quantitative estimate of drug-likeness (QED) is 0.285. The standard InChI is InChI=1S/C27H33N5O3/c1-17-6-7-19(13-20(17)15-32-11-12-35-25-5-4-10-30-24(25)16-32)22(14-26(33)34)21-8-9-23(29-3)27(31-28)18(21)2/h4-10,13,22,29,31H,11-12,14-16,28H2,1-3H3,(H,33,34)/t22-/m1/s1. The zero-order valence-electron chi connectivity index (χ0n) is 20.5. The summed E-state index contributed by atoms with van der Waals surface area (Å²) >= 11 is 0. The molecule has 0 saturated heterocycles. The molecule has 2 aromatic carbocycles. The van der Waals surface area contributed by atoms with E-state index in [0.29, 0.717) is 13.2 Å². The summed E-state index contributed by atoms with van der Waals surface area (Å²) in [5.41, 5.74) is 10.5. The van der Waals surface area contributed by atoms with E-state index in [4.69, 9.17) is 10.6 Å². The van der Waals surface area contributed by atoms with E-state index < -0.39 is 5.97 Å². The lowest BCUT2D eigenvalue weighted by molar-refractivity contribution is -0.137. The summed E-state index contributed by atoms with van der Waals surface area (Å²) in [6.07, 6.45) is 1.78. The molecule has 4 rings (SSSR count). The van der Waals surface area contributed by atoms with Crippen LogP contribution in [0.2, 0.25) is 0 Å². The number of aliphatic carboxylic acids is 1. The molecular formula is C27H33N5O3. The first-order valence-corrected chi connectivity index (χ1v) is 11.8. The number of carboxylic acids is 1. The minimum atomic E-state index is -0.844. The minimum absolute atomic E-state index is 0.0128. The van der Waals surface area contributed by atoms with E-state index >= 15 is 0 Å². The molecule has 1 aliphatic heterocycles. The number of hydrogen-bond donors (Lipinski definition) is 4. The normalized spacial score (nSPS) is 14.4. The summed E-state index contributed by atoms with van der Waals surface area (Å²) in [5, 5.41) is 12.9. The van der Waals surface area contributed by atoms with Crippen LogP contribution in [0.1, 0.15) is 45.8 Å². The van der Waals surface area contributed by atoms with Gasteiger partial charge in [-0.25, -0.2) is 0 Å². The van der Waals surface area contributed by atoms with Crippen LogP contribution in [0.4, 0.5) is 11.4 Å². The molecule has 35 heavy (non-hydrogen) atoms. The number of ether oxygens (including phenoxy) is 1. The van der Waals surface area contributed by atoms with Crippen molar-refractivity contribution in [1.82, 2.24) is 9.88 Å². The van der Waals surface area contributed by atoms with Gasteiger partial charge in [0.05, 0.1) is 23.5 Å². The Bertz CT molecular complexity index is 1210. The van der Waals surface area contributed by atoms with Gasteiger partial charge in [0.1, 0.15) is 12.4 Å². The summed E-state index contributed by atoms with van der Waals surface area (Å²) in [6.45, 7) is 6.88. The average molecular weight is 476 g/mol. The van der Waals surface area contributed by atoms with Crippen molar-refractivity contribution in [2.45, 2.75) is 39.3 Å². The maximum atomic E-state index is 11.9. The van der Waals surface area contributed by atoms with Crippen molar-refractivity contribution in [3.8, 4) is 5.75 Å². The molecule has 0 saturated carbocycles. The van der Waals surface area contributed by atoms with Gasteiger partial charge in [-0.15, -0.1) is 0 Å². The number of rotatable bonds is 8. The number of aryl methyl sites for hydroxylation is 1. The zero-order chi connectivity index (χ0) is 24.9. The van der Waals surface area contributed by atoms with E-state index in [1.165, 1.54) is 11.1 Å². The van der Waals surface area contributed by atoms with Crippen LogP contribution in [0.15, 0.2) is 48.7 Å². The third-order valence-electron chi connectivity index (χ3n) is 6.73. The first-order valence-electron chi connectivity index (χ1n) is 11.8. The fourth-order valence-corrected chi connectivity index (χ4v) is 4.78. The molecule has 0 amide bonds. The van der Waals surface area contributed by atoms with Gasteiger partial charge >= 0.3 is 5.97 Å². The van der Waals surface area contributed by atoms with Crippen LogP contribution in [-0.4, -0.2) is 41.2 Å². The van der Waals surface area contributed by atoms with Crippen molar-refractivity contribution in [1.29, 1.82) is 0 Å². The highest BCUT2D eigenvalue weighted by atomic mass is 16.5. The highest BCUT2D eigenvalue weighted by molar-refractivity contribution is 5.75. The molecule has 184 valence electrons. The number of hydrazine groups is 1. The third-order valence-corrected chi connectivity index (χ3v) is 6.73. The molecule has 0 aliphatic carbocycles. The van der Waals surface area contributed by atoms with Crippen LogP contribution in [0.25, 0.3) is 0 Å². The Kier molecular flexibility index (Phi) is 7.53. The average Bonchev–Trinajstić information content (AvgIpc) is 3.05. The number of fused-ring (bicyclic) bond motifs is 1. The van der Waals surface area contributed by atoms with Crippen molar-refractivity contribution in [2.75, 3.05) is 30.9 Å². The van der Waals surface area contributed by atoms with Gasteiger partial charge < -0.3 is 20.6 Å². The van der Waals surface area contributed by atoms with Crippen LogP contribution in [0.3, 0.4) is 0 Å². The van der Waals surface area contributed by atoms with E-state index in [1.807, 2.05) is 44.3 Å². The van der Waals surface area contributed by atoms with E-state index in [0.717, 1.165) is 52.6 Å². The molecule has 2 heterocycles. The molecule has 1 atom stereocenters. The van der Waals surface area contributed by atoms with Gasteiger partial charge in [-0.3, -0.25) is 20.5 Å². The number of carbonyl (C=O) groups is 1. The Labute approximate surface area is 206 Å². The number of nitrogens with zero attached hydrogens (tertiary/aromatic N) is 2. The first kappa shape index (κ1) is 24.5. The second-order valence-electron chi connectivity index (χ2n) is 8.94. The molecule has 3 aromatic rings. The lowest BCUT2D eigenvalue weighted by atomic mass is 9.84. The topological polar surface area (TPSA) is 113 Å². The molecule has 1 aliphatic rings. The Balaban J connectivity index is 1.68. The molecular weight excluding hydrogens is 442 g/mol. The summed E-state index contributed by atoms with van der Waals surface area (Å²) in [5.74, 6) is 5.49. The maximum Gasteiger partial charge on any atom is 0.304 e. The molecule has 8 nitrogen and oxygen atoms in total. The Hall–Kier alpha value is -3.62. The first-order chi connectivity index (χ1) is 16.9. The van der Waals surface area contributed by atoms with Gasteiger partial charge in [-0.05, 0) is 59.9 Å². The maximum absolute atomic E-state index is 11.9. The Morgan fingerprint density at radius 3 is 2.83 bits per heavy atom. The molecule has 0 radical (unpaired) electrons. The molecule has 0 bridgehead atoms. The summed E-state index contributed by atoms with van der Waals surface area (Å²) < 4.78 is 5.87. The highest BCUT2D eigenvalue weighted by Gasteiger charge is 2.23. The summed E-state index contributed by atoms with van der Waals surface area (Å²) in [7, 11) is 1.83. The van der Waals surface area contributed by atoms with Crippen molar-refractivity contribution in [3.05, 3.63) is 82.2 Å². The number of benzene rings is 2. The second kappa shape index (κ2) is 10.8.